The molecule has 0 bridgehead atoms. The van der Waals surface area contributed by atoms with Crippen LogP contribution in [-0.2, 0) is 0 Å². The van der Waals surface area contributed by atoms with Crippen molar-refractivity contribution in [2.75, 3.05) is 51.3 Å². The summed E-state index contributed by atoms with van der Waals surface area (Å²) in [6.07, 6.45) is 0. The van der Waals surface area contributed by atoms with Gasteiger partial charge in [0.05, 0.1) is 6.07 Å². The number of nitrogens with zero attached hydrogens (tertiary/aromatic N) is 3. The van der Waals surface area contributed by atoms with Crippen LogP contribution in [0.3, 0.4) is 0 Å². The first-order valence-electron chi connectivity index (χ1n) is 13.2. The van der Waals surface area contributed by atoms with Gasteiger partial charge in [-0.3, -0.25) is 4.79 Å². The highest BCUT2D eigenvalue weighted by molar-refractivity contribution is 6.09. The van der Waals surface area contributed by atoms with Crippen molar-refractivity contribution in [3.05, 3.63) is 71.6 Å². The first kappa shape index (κ1) is 26.4. The minimum absolute atomic E-state index is 0.159. The van der Waals surface area contributed by atoms with Crippen molar-refractivity contribution in [3.63, 3.8) is 0 Å². The van der Waals surface area contributed by atoms with E-state index in [1.807, 2.05) is 24.3 Å². The number of benzene rings is 3. The summed E-state index contributed by atoms with van der Waals surface area (Å²) in [5.41, 5.74) is 5.21. The molecule has 0 unspecified atom stereocenters. The summed E-state index contributed by atoms with van der Waals surface area (Å²) in [5, 5.41) is 13.3. The van der Waals surface area contributed by atoms with E-state index in [0.717, 1.165) is 70.6 Å². The summed E-state index contributed by atoms with van der Waals surface area (Å²) >= 11 is 0. The molecule has 194 valence electrons. The monoisotopic (exact) mass is 499 g/mol. The lowest BCUT2D eigenvalue weighted by Crippen LogP contribution is -2.33. The van der Waals surface area contributed by atoms with Crippen LogP contribution in [0.5, 0.6) is 0 Å². The summed E-state index contributed by atoms with van der Waals surface area (Å²) < 4.78 is 8.86. The second-order valence-electron chi connectivity index (χ2n) is 9.16. The molecule has 0 aromatic heterocycles. The molecule has 4 rings (SSSR count). The van der Waals surface area contributed by atoms with Crippen LogP contribution in [0.4, 0.5) is 5.69 Å². The highest BCUT2D eigenvalue weighted by Crippen LogP contribution is 2.42. The Kier molecular flexibility index (Phi) is 8.29. The van der Waals surface area contributed by atoms with E-state index in [9.17, 15) is 9.90 Å². The number of carbonyl (C=O) groups excluding carboxylic acids is 1. The van der Waals surface area contributed by atoms with Gasteiger partial charge in [-0.05, 0) is 57.5 Å². The van der Waals surface area contributed by atoms with Crippen molar-refractivity contribution in [2.45, 2.75) is 27.7 Å². The van der Waals surface area contributed by atoms with Crippen LogP contribution in [0, 0.1) is 0 Å². The van der Waals surface area contributed by atoms with Crippen LogP contribution >= 0.6 is 0 Å². The van der Waals surface area contributed by atoms with Gasteiger partial charge < -0.3 is 19.3 Å². The highest BCUT2D eigenvalue weighted by atomic mass is 16.3. The smallest absolute Gasteiger partial charge is 0.254 e. The molecule has 1 aliphatic carbocycles. The second kappa shape index (κ2) is 11.6. The molecule has 0 saturated carbocycles. The van der Waals surface area contributed by atoms with Crippen molar-refractivity contribution < 1.29 is 14.3 Å². The second-order valence-corrected chi connectivity index (χ2v) is 9.16. The Balaban J connectivity index is 2.08. The van der Waals surface area contributed by atoms with Gasteiger partial charge in [0.1, 0.15) is 24.4 Å². The number of hydrogen-bond acceptors (Lipinski definition) is 4. The molecule has 0 N–H and O–H groups in total. The van der Waals surface area contributed by atoms with Gasteiger partial charge in [0.2, 0.25) is 5.36 Å². The van der Waals surface area contributed by atoms with E-state index in [4.69, 9.17) is 4.42 Å². The van der Waals surface area contributed by atoms with E-state index < -0.39 is 0 Å². The third-order valence-electron chi connectivity index (χ3n) is 7.15. The summed E-state index contributed by atoms with van der Waals surface area (Å²) in [5.74, 6) is 0.617. The lowest BCUT2D eigenvalue weighted by molar-refractivity contribution is -0.367. The van der Waals surface area contributed by atoms with E-state index >= 15 is 0 Å². The molecule has 2 aliphatic rings. The first-order chi connectivity index (χ1) is 18.0. The fraction of sp³-hybridized carbons (Fsp3) is 0.355. The SMILES string of the molecule is CCN(CC)c1ccc2c(-c3ccccc3C(=O)N(C)CC[O-])c3ccc(=[N+](CC)CC)cc-3oc2c1. The Bertz CT molecular complexity index is 1430. The van der Waals surface area contributed by atoms with Crippen LogP contribution < -0.4 is 19.9 Å². The molecule has 2 aromatic carbocycles. The van der Waals surface area contributed by atoms with Gasteiger partial charge in [-0.1, -0.05) is 18.2 Å². The standard InChI is InChI=1S/C31H37N3O3/c1-6-33(7-2)22-14-16-26-28(20-22)37-29-21-23(34(8-3)9-4)15-17-27(29)30(26)24-12-10-11-13-25(24)31(36)32(5)18-19-35/h10-17,20-21H,6-9,18-19H2,1-5H3. The maximum atomic E-state index is 13.4. The molecule has 0 atom stereocenters. The van der Waals surface area contributed by atoms with Crippen LogP contribution in [0.2, 0.25) is 0 Å². The zero-order valence-corrected chi connectivity index (χ0v) is 22.6. The van der Waals surface area contributed by atoms with Crippen molar-refractivity contribution in [3.8, 4) is 22.5 Å². The number of carbonyl (C=O) groups is 1. The van der Waals surface area contributed by atoms with Crippen molar-refractivity contribution in [1.82, 2.24) is 9.48 Å². The fourth-order valence-corrected chi connectivity index (χ4v) is 5.06. The van der Waals surface area contributed by atoms with E-state index in [0.29, 0.717) is 5.56 Å². The number of rotatable bonds is 9. The van der Waals surface area contributed by atoms with Crippen molar-refractivity contribution in [2.24, 2.45) is 0 Å². The predicted octanol–water partition coefficient (Wildman–Crippen LogP) is 4.30. The molecular formula is C31H37N3O3. The molecule has 6 heteroatoms. The molecule has 1 aliphatic heterocycles. The van der Waals surface area contributed by atoms with Gasteiger partial charge in [-0.15, -0.1) is 6.61 Å². The number of fused-ring (bicyclic) bond motifs is 2. The van der Waals surface area contributed by atoms with E-state index in [1.54, 1.807) is 7.05 Å². The van der Waals surface area contributed by atoms with E-state index in [1.165, 1.54) is 4.90 Å². The fourth-order valence-electron chi connectivity index (χ4n) is 5.06. The summed E-state index contributed by atoms with van der Waals surface area (Å²) in [6.45, 7) is 12.0. The molecule has 1 heterocycles. The normalized spacial score (nSPS) is 11.2. The average Bonchev–Trinajstić information content (AvgIpc) is 2.92. The van der Waals surface area contributed by atoms with E-state index in [-0.39, 0.29) is 19.1 Å². The summed E-state index contributed by atoms with van der Waals surface area (Å²) in [7, 11) is 1.68. The Labute approximate surface area is 219 Å². The molecule has 0 saturated heterocycles. The largest absolute Gasteiger partial charge is 0.853 e. The zero-order chi connectivity index (χ0) is 26.5. The lowest BCUT2D eigenvalue weighted by Gasteiger charge is -2.24. The number of likely N-dealkylation sites (N-methyl/N-ethyl adjacent to an activating group) is 1. The van der Waals surface area contributed by atoms with Crippen LogP contribution in [0.25, 0.3) is 33.4 Å². The molecule has 1 amide bonds. The van der Waals surface area contributed by atoms with Gasteiger partial charge in [0.15, 0.2) is 0 Å². The Morgan fingerprint density at radius 3 is 2.32 bits per heavy atom. The van der Waals surface area contributed by atoms with Gasteiger partial charge in [-0.25, -0.2) is 4.58 Å². The topological polar surface area (TPSA) is 62.8 Å². The van der Waals surface area contributed by atoms with E-state index in [2.05, 4.69) is 73.6 Å². The molecule has 0 radical (unpaired) electrons. The lowest BCUT2D eigenvalue weighted by atomic mass is 9.90. The molecule has 37 heavy (non-hydrogen) atoms. The van der Waals surface area contributed by atoms with Gasteiger partial charge in [-0.2, -0.15) is 0 Å². The molecule has 2 aromatic rings. The third kappa shape index (κ3) is 5.12. The van der Waals surface area contributed by atoms with Crippen LogP contribution in [-0.4, -0.2) is 57.2 Å². The maximum absolute atomic E-state index is 13.4. The number of hydrogen-bond donors (Lipinski definition) is 0. The van der Waals surface area contributed by atoms with Gasteiger partial charge in [0, 0.05) is 66.6 Å². The van der Waals surface area contributed by atoms with Crippen LogP contribution in [0.1, 0.15) is 38.1 Å². The Hall–Kier alpha value is -3.64. The third-order valence-corrected chi connectivity index (χ3v) is 7.15. The minimum Gasteiger partial charge on any atom is -0.853 e. The van der Waals surface area contributed by atoms with Crippen molar-refractivity contribution >= 4 is 22.6 Å². The summed E-state index contributed by atoms with van der Waals surface area (Å²) in [4.78, 5) is 17.2. The molecule has 6 nitrogen and oxygen atoms in total. The highest BCUT2D eigenvalue weighted by Gasteiger charge is 2.23. The van der Waals surface area contributed by atoms with Crippen molar-refractivity contribution in [1.29, 1.82) is 0 Å². The molecule has 0 spiro atoms. The number of anilines is 1. The Morgan fingerprint density at radius 2 is 1.65 bits per heavy atom. The zero-order valence-electron chi connectivity index (χ0n) is 22.6. The number of amides is 1. The first-order valence-corrected chi connectivity index (χ1v) is 13.2. The quantitative estimate of drug-likeness (QED) is 0.255. The average molecular weight is 500 g/mol. The summed E-state index contributed by atoms with van der Waals surface area (Å²) in [6, 6.07) is 20.3. The maximum Gasteiger partial charge on any atom is 0.254 e. The minimum atomic E-state index is -0.331. The Morgan fingerprint density at radius 1 is 0.919 bits per heavy atom. The molecule has 0 fully saturated rings. The van der Waals surface area contributed by atoms with Gasteiger partial charge >= 0.3 is 0 Å². The predicted molar refractivity (Wildman–Crippen MR) is 150 cm³/mol. The molecular weight excluding hydrogens is 462 g/mol. The van der Waals surface area contributed by atoms with Gasteiger partial charge in [0.25, 0.3) is 5.91 Å². The van der Waals surface area contributed by atoms with Crippen LogP contribution in [0.15, 0.2) is 65.1 Å².